The van der Waals surface area contributed by atoms with Crippen LogP contribution in [0.5, 0.6) is 11.5 Å². The highest BCUT2D eigenvalue weighted by molar-refractivity contribution is 6.15. The number of phenols is 1. The number of carbonyl (C=O) groups excluding carboxylic acids is 2. The molecule has 1 saturated carbocycles. The Balaban J connectivity index is 1.82. The number of carbonyl (C=O) groups is 2. The van der Waals surface area contributed by atoms with Gasteiger partial charge in [-0.2, -0.15) is 0 Å². The zero-order valence-electron chi connectivity index (χ0n) is 20.5. The van der Waals surface area contributed by atoms with Gasteiger partial charge in [0, 0.05) is 24.4 Å². The standard InChI is InChI=1S/C26H29N3O6/c1-6-35-19-9-7-8-16(22(19)31)20-15-10-11-28-24(33)27(5)25(34)29(28)18(15)12-17-21(30)13(2)14(3)23(32)26(17,20)4/h7-10,17-18,20,31H,6,11-12H2,1-5H3. The van der Waals surface area contributed by atoms with Crippen molar-refractivity contribution < 1.29 is 19.4 Å². The summed E-state index contributed by atoms with van der Waals surface area (Å²) in [7, 11) is 1.43. The number of ether oxygens (including phenoxy) is 1. The average Bonchev–Trinajstić information content (AvgIpc) is 3.06. The largest absolute Gasteiger partial charge is 0.504 e. The zero-order valence-corrected chi connectivity index (χ0v) is 20.5. The summed E-state index contributed by atoms with van der Waals surface area (Å²) >= 11 is 0. The minimum atomic E-state index is -1.17. The number of phenolic OH excluding ortho intramolecular Hbond substituents is 1. The molecule has 5 rings (SSSR count). The summed E-state index contributed by atoms with van der Waals surface area (Å²) < 4.78 is 9.45. The molecule has 9 heteroatoms. The smallest absolute Gasteiger partial charge is 0.347 e. The maximum atomic E-state index is 13.9. The van der Waals surface area contributed by atoms with Crippen molar-refractivity contribution in [2.24, 2.45) is 18.4 Å². The molecule has 0 spiro atoms. The Morgan fingerprint density at radius 2 is 1.83 bits per heavy atom. The molecule has 1 aromatic heterocycles. The highest BCUT2D eigenvalue weighted by Crippen LogP contribution is 2.61. The summed E-state index contributed by atoms with van der Waals surface area (Å²) in [6, 6.07) is 4.53. The van der Waals surface area contributed by atoms with Crippen LogP contribution in [0.2, 0.25) is 0 Å². The summed E-state index contributed by atoms with van der Waals surface area (Å²) in [5, 5.41) is 11.2. The highest BCUT2D eigenvalue weighted by atomic mass is 16.5. The lowest BCUT2D eigenvalue weighted by molar-refractivity contribution is -0.140. The van der Waals surface area contributed by atoms with E-state index in [4.69, 9.17) is 4.74 Å². The van der Waals surface area contributed by atoms with Gasteiger partial charge in [-0.1, -0.05) is 25.1 Å². The molecule has 9 nitrogen and oxygen atoms in total. The SMILES string of the molecule is CCOc1cccc(C2C3=CCn4c(=O)n(C)c(=O)n4C3CC3C(=O)C(C)=C(C)C(=O)C32C)c1O. The molecule has 0 bridgehead atoms. The van der Waals surface area contributed by atoms with Crippen molar-refractivity contribution in [1.29, 1.82) is 0 Å². The number of aromatic hydroxyl groups is 1. The molecule has 0 radical (unpaired) electrons. The van der Waals surface area contributed by atoms with Crippen molar-refractivity contribution in [2.45, 2.75) is 52.6 Å². The van der Waals surface area contributed by atoms with Crippen LogP contribution in [0.4, 0.5) is 0 Å². The first-order chi connectivity index (χ1) is 16.5. The Hall–Kier alpha value is -3.62. The maximum absolute atomic E-state index is 13.9. The number of allylic oxidation sites excluding steroid dienone is 4. The molecular weight excluding hydrogens is 450 g/mol. The van der Waals surface area contributed by atoms with Crippen molar-refractivity contribution in [3.05, 3.63) is 67.5 Å². The van der Waals surface area contributed by atoms with Crippen LogP contribution in [-0.2, 0) is 23.2 Å². The van der Waals surface area contributed by atoms with Gasteiger partial charge in [-0.05, 0) is 50.0 Å². The Morgan fingerprint density at radius 3 is 2.51 bits per heavy atom. The van der Waals surface area contributed by atoms with Crippen molar-refractivity contribution >= 4 is 11.6 Å². The number of hydrogen-bond donors (Lipinski definition) is 1. The van der Waals surface area contributed by atoms with Gasteiger partial charge in [0.15, 0.2) is 23.1 Å². The number of rotatable bonds is 3. The molecule has 4 unspecified atom stereocenters. The van der Waals surface area contributed by atoms with Gasteiger partial charge in [0.05, 0.1) is 24.6 Å². The third-order valence-corrected chi connectivity index (χ3v) is 8.27. The second-order valence-electron chi connectivity index (χ2n) is 9.85. The van der Waals surface area contributed by atoms with Crippen LogP contribution in [-0.4, -0.2) is 37.2 Å². The van der Waals surface area contributed by atoms with E-state index in [-0.39, 0.29) is 36.0 Å². The van der Waals surface area contributed by atoms with E-state index in [2.05, 4.69) is 0 Å². The minimum Gasteiger partial charge on any atom is -0.504 e. The van der Waals surface area contributed by atoms with Crippen LogP contribution >= 0.6 is 0 Å². The number of nitrogens with zero attached hydrogens (tertiary/aromatic N) is 3. The van der Waals surface area contributed by atoms with E-state index in [1.807, 2.05) is 13.0 Å². The minimum absolute atomic E-state index is 0.0894. The lowest BCUT2D eigenvalue weighted by atomic mass is 9.50. The van der Waals surface area contributed by atoms with Crippen LogP contribution in [0.3, 0.4) is 0 Å². The lowest BCUT2D eigenvalue weighted by Gasteiger charge is -2.53. The Morgan fingerprint density at radius 1 is 1.11 bits per heavy atom. The molecular formula is C26H29N3O6. The van der Waals surface area contributed by atoms with Crippen LogP contribution in [0, 0.1) is 11.3 Å². The normalized spacial score (nSPS) is 27.8. The van der Waals surface area contributed by atoms with Gasteiger partial charge in [0.1, 0.15) is 0 Å². The van der Waals surface area contributed by atoms with Gasteiger partial charge in [0.25, 0.3) is 0 Å². The second-order valence-corrected chi connectivity index (χ2v) is 9.85. The van der Waals surface area contributed by atoms with Gasteiger partial charge in [-0.25, -0.2) is 23.5 Å². The van der Waals surface area contributed by atoms with E-state index in [1.165, 1.54) is 16.4 Å². The van der Waals surface area contributed by atoms with Crippen LogP contribution in [0.15, 0.2) is 50.6 Å². The monoisotopic (exact) mass is 479 g/mol. The summed E-state index contributed by atoms with van der Waals surface area (Å²) in [6.45, 7) is 7.43. The third-order valence-electron chi connectivity index (χ3n) is 8.27. The molecule has 0 amide bonds. The van der Waals surface area contributed by atoms with Gasteiger partial charge in [-0.15, -0.1) is 0 Å². The number of fused-ring (bicyclic) bond motifs is 4. The van der Waals surface area contributed by atoms with Crippen molar-refractivity contribution in [1.82, 2.24) is 13.9 Å². The zero-order chi connectivity index (χ0) is 25.4. The number of ketones is 2. The average molecular weight is 480 g/mol. The number of hydrogen-bond acceptors (Lipinski definition) is 6. The third kappa shape index (κ3) is 2.87. The lowest BCUT2D eigenvalue weighted by Crippen LogP contribution is -2.55. The topological polar surface area (TPSA) is 113 Å². The van der Waals surface area contributed by atoms with Gasteiger partial charge in [-0.3, -0.25) is 9.59 Å². The molecule has 2 heterocycles. The Kier molecular flexibility index (Phi) is 5.09. The molecule has 1 fully saturated rings. The fraction of sp³-hybridized carbons (Fsp3) is 0.462. The number of benzene rings is 1. The molecule has 35 heavy (non-hydrogen) atoms. The number of aromatic nitrogens is 3. The molecule has 3 aliphatic rings. The Labute approximate surface area is 201 Å². The predicted molar refractivity (Wildman–Crippen MR) is 128 cm³/mol. The van der Waals surface area contributed by atoms with Gasteiger partial charge < -0.3 is 9.84 Å². The number of para-hydroxylation sites is 1. The van der Waals surface area contributed by atoms with E-state index in [9.17, 15) is 24.3 Å². The van der Waals surface area contributed by atoms with Crippen molar-refractivity contribution in [3.8, 4) is 11.5 Å². The highest BCUT2D eigenvalue weighted by Gasteiger charge is 2.60. The summed E-state index contributed by atoms with van der Waals surface area (Å²) in [5.74, 6) is -1.51. The van der Waals surface area contributed by atoms with Gasteiger partial charge >= 0.3 is 11.4 Å². The first-order valence-corrected chi connectivity index (χ1v) is 11.8. The van der Waals surface area contributed by atoms with E-state index in [1.54, 1.807) is 39.0 Å². The molecule has 0 saturated heterocycles. The van der Waals surface area contributed by atoms with E-state index < -0.39 is 34.7 Å². The maximum Gasteiger partial charge on any atom is 0.347 e. The number of Topliss-reactive ketones (excluding diaryl/α,β-unsaturated/α-hetero) is 2. The molecule has 2 aromatic rings. The first-order valence-electron chi connectivity index (χ1n) is 11.8. The second kappa shape index (κ2) is 7.69. The van der Waals surface area contributed by atoms with Gasteiger partial charge in [0.2, 0.25) is 0 Å². The summed E-state index contributed by atoms with van der Waals surface area (Å²) in [6.07, 6.45) is 2.08. The van der Waals surface area contributed by atoms with Crippen LogP contribution in [0.25, 0.3) is 0 Å². The fourth-order valence-electron chi connectivity index (χ4n) is 6.34. The first kappa shape index (κ1) is 23.1. The van der Waals surface area contributed by atoms with Crippen LogP contribution in [0.1, 0.15) is 51.6 Å². The van der Waals surface area contributed by atoms with E-state index in [0.29, 0.717) is 23.3 Å². The van der Waals surface area contributed by atoms with E-state index >= 15 is 0 Å². The summed E-state index contributed by atoms with van der Waals surface area (Å²) in [5.41, 5.74) is -0.0341. The van der Waals surface area contributed by atoms with E-state index in [0.717, 1.165) is 10.1 Å². The molecule has 4 atom stereocenters. The summed E-state index contributed by atoms with van der Waals surface area (Å²) in [4.78, 5) is 53.3. The molecule has 2 aliphatic carbocycles. The quantitative estimate of drug-likeness (QED) is 0.676. The molecule has 1 N–H and O–H groups in total. The fourth-order valence-corrected chi connectivity index (χ4v) is 6.34. The van der Waals surface area contributed by atoms with Crippen molar-refractivity contribution in [2.75, 3.05) is 6.61 Å². The predicted octanol–water partition coefficient (Wildman–Crippen LogP) is 2.23. The Bertz CT molecular complexity index is 1470. The molecule has 1 aromatic carbocycles. The van der Waals surface area contributed by atoms with Crippen LogP contribution < -0.4 is 16.1 Å². The molecule has 1 aliphatic heterocycles. The molecule has 184 valence electrons. The van der Waals surface area contributed by atoms with Crippen molar-refractivity contribution in [3.63, 3.8) is 0 Å².